The zero-order chi connectivity index (χ0) is 27.4. The molecular formula is C28H41N3O5S. The second-order valence-corrected chi connectivity index (χ2v) is 11.0. The van der Waals surface area contributed by atoms with Crippen LogP contribution in [0.1, 0.15) is 58.9 Å². The van der Waals surface area contributed by atoms with E-state index in [9.17, 15) is 18.0 Å². The van der Waals surface area contributed by atoms with E-state index in [1.54, 1.807) is 29.2 Å². The summed E-state index contributed by atoms with van der Waals surface area (Å²) in [6.07, 6.45) is 2.85. The fourth-order valence-electron chi connectivity index (χ4n) is 4.02. The molecular weight excluding hydrogens is 490 g/mol. The van der Waals surface area contributed by atoms with Gasteiger partial charge in [-0.05, 0) is 62.9 Å². The number of rotatable bonds is 15. The largest absolute Gasteiger partial charge is 0.494 e. The summed E-state index contributed by atoms with van der Waals surface area (Å²) >= 11 is 0. The second-order valence-electron chi connectivity index (χ2n) is 9.11. The highest BCUT2D eigenvalue weighted by atomic mass is 32.2. The number of hydrogen-bond donors (Lipinski definition) is 1. The molecule has 0 aliphatic carbocycles. The minimum atomic E-state index is -3.56. The first-order valence-electron chi connectivity index (χ1n) is 12.9. The SMILES string of the molecule is CCOc1ccc(N(CCCC(=O)N(Cc2ccccc2)[C@H](CC)C(=O)N[C@@H](C)CC)S(C)(=O)=O)cc1. The lowest BCUT2D eigenvalue weighted by Crippen LogP contribution is -2.50. The van der Waals surface area contributed by atoms with E-state index in [0.29, 0.717) is 37.4 Å². The Morgan fingerprint density at radius 2 is 1.62 bits per heavy atom. The van der Waals surface area contributed by atoms with Crippen molar-refractivity contribution in [2.75, 3.05) is 23.7 Å². The minimum absolute atomic E-state index is 0.00709. The maximum atomic E-state index is 13.5. The van der Waals surface area contributed by atoms with Crippen LogP contribution in [0.2, 0.25) is 0 Å². The Labute approximate surface area is 222 Å². The third kappa shape index (κ3) is 9.39. The van der Waals surface area contributed by atoms with Crippen LogP contribution in [0.15, 0.2) is 54.6 Å². The number of amides is 2. The van der Waals surface area contributed by atoms with E-state index in [4.69, 9.17) is 4.74 Å². The first-order chi connectivity index (χ1) is 17.6. The lowest BCUT2D eigenvalue weighted by molar-refractivity contribution is -0.141. The Hall–Kier alpha value is -3.07. The molecule has 0 saturated carbocycles. The number of sulfonamides is 1. The summed E-state index contributed by atoms with van der Waals surface area (Å²) < 4.78 is 31.8. The van der Waals surface area contributed by atoms with E-state index in [2.05, 4.69) is 5.32 Å². The van der Waals surface area contributed by atoms with E-state index in [1.165, 1.54) is 4.31 Å². The molecule has 2 atom stereocenters. The predicted octanol–water partition coefficient (Wildman–Crippen LogP) is 4.35. The van der Waals surface area contributed by atoms with Gasteiger partial charge in [-0.25, -0.2) is 8.42 Å². The molecule has 2 aromatic carbocycles. The zero-order valence-electron chi connectivity index (χ0n) is 22.6. The van der Waals surface area contributed by atoms with Crippen molar-refractivity contribution in [3.63, 3.8) is 0 Å². The number of carbonyl (C=O) groups is 2. The van der Waals surface area contributed by atoms with Gasteiger partial charge in [0.05, 0.1) is 18.6 Å². The molecule has 0 aliphatic heterocycles. The van der Waals surface area contributed by atoms with Crippen LogP contribution in [0.25, 0.3) is 0 Å². The molecule has 204 valence electrons. The molecule has 9 heteroatoms. The lowest BCUT2D eigenvalue weighted by atomic mass is 10.1. The molecule has 8 nitrogen and oxygen atoms in total. The molecule has 2 amide bonds. The molecule has 2 rings (SSSR count). The Bertz CT molecular complexity index is 1090. The Kier molecular flexibility index (Phi) is 11.9. The fraction of sp³-hybridized carbons (Fsp3) is 0.500. The third-order valence-electron chi connectivity index (χ3n) is 6.17. The van der Waals surface area contributed by atoms with Gasteiger partial charge in [0.1, 0.15) is 11.8 Å². The molecule has 0 bridgehead atoms. The highest BCUT2D eigenvalue weighted by Crippen LogP contribution is 2.23. The standard InChI is InChI=1S/C28H41N3O5S/c1-6-22(4)29-28(33)26(7-2)30(21-23-13-10-9-11-14-23)27(32)15-12-20-31(37(5,34)35)24-16-18-25(19-17-24)36-8-3/h9-11,13-14,16-19,22,26H,6-8,12,15,20-21H2,1-5H3,(H,29,33)/t22-,26+/m0/s1. The average molecular weight is 532 g/mol. The van der Waals surface area contributed by atoms with Crippen LogP contribution in [0.4, 0.5) is 5.69 Å². The van der Waals surface area contributed by atoms with Crippen LogP contribution in [0.5, 0.6) is 5.75 Å². The molecule has 0 fully saturated rings. The van der Waals surface area contributed by atoms with Crippen molar-refractivity contribution in [1.29, 1.82) is 0 Å². The van der Waals surface area contributed by atoms with Gasteiger partial charge >= 0.3 is 0 Å². The molecule has 0 heterocycles. The smallest absolute Gasteiger partial charge is 0.243 e. The fourth-order valence-corrected chi connectivity index (χ4v) is 4.99. The van der Waals surface area contributed by atoms with Crippen LogP contribution in [-0.4, -0.2) is 56.6 Å². The van der Waals surface area contributed by atoms with Crippen molar-refractivity contribution in [2.45, 2.75) is 72.0 Å². The molecule has 0 spiro atoms. The summed E-state index contributed by atoms with van der Waals surface area (Å²) in [5, 5.41) is 3.00. The third-order valence-corrected chi connectivity index (χ3v) is 7.36. The van der Waals surface area contributed by atoms with Crippen molar-refractivity contribution in [3.05, 3.63) is 60.2 Å². The maximum Gasteiger partial charge on any atom is 0.243 e. The van der Waals surface area contributed by atoms with Gasteiger partial charge in [0, 0.05) is 25.6 Å². The van der Waals surface area contributed by atoms with Crippen LogP contribution < -0.4 is 14.4 Å². The maximum absolute atomic E-state index is 13.5. The summed E-state index contributed by atoms with van der Waals surface area (Å²) in [5.74, 6) is 0.302. The van der Waals surface area contributed by atoms with Gasteiger partial charge in [-0.3, -0.25) is 13.9 Å². The van der Waals surface area contributed by atoms with Crippen LogP contribution >= 0.6 is 0 Å². The number of ether oxygens (including phenoxy) is 1. The quantitative estimate of drug-likeness (QED) is 0.369. The van der Waals surface area contributed by atoms with Crippen molar-refractivity contribution >= 4 is 27.5 Å². The van der Waals surface area contributed by atoms with Crippen LogP contribution in [0.3, 0.4) is 0 Å². The summed E-state index contributed by atoms with van der Waals surface area (Å²) in [4.78, 5) is 28.1. The monoisotopic (exact) mass is 531 g/mol. The van der Waals surface area contributed by atoms with Gasteiger partial charge in [0.2, 0.25) is 21.8 Å². The summed E-state index contributed by atoms with van der Waals surface area (Å²) in [5.41, 5.74) is 1.44. The lowest BCUT2D eigenvalue weighted by Gasteiger charge is -2.32. The summed E-state index contributed by atoms with van der Waals surface area (Å²) in [7, 11) is -3.56. The van der Waals surface area contributed by atoms with E-state index >= 15 is 0 Å². The topological polar surface area (TPSA) is 96.0 Å². The molecule has 37 heavy (non-hydrogen) atoms. The van der Waals surface area contributed by atoms with Gasteiger partial charge in [-0.15, -0.1) is 0 Å². The number of carbonyl (C=O) groups excluding carboxylic acids is 2. The Morgan fingerprint density at radius 1 is 0.973 bits per heavy atom. The van der Waals surface area contributed by atoms with Gasteiger partial charge in [-0.2, -0.15) is 0 Å². The second kappa shape index (κ2) is 14.6. The summed E-state index contributed by atoms with van der Waals surface area (Å²) in [6.45, 7) is 8.68. The van der Waals surface area contributed by atoms with Crippen molar-refractivity contribution in [1.82, 2.24) is 10.2 Å². The van der Waals surface area contributed by atoms with Gasteiger partial charge in [-0.1, -0.05) is 44.2 Å². The van der Waals surface area contributed by atoms with Gasteiger partial charge in [0.15, 0.2) is 0 Å². The number of nitrogens with zero attached hydrogens (tertiary/aromatic N) is 2. The number of hydrogen-bond acceptors (Lipinski definition) is 5. The van der Waals surface area contributed by atoms with Gasteiger partial charge in [0.25, 0.3) is 0 Å². The molecule has 0 aliphatic rings. The molecule has 1 N–H and O–H groups in total. The molecule has 2 aromatic rings. The minimum Gasteiger partial charge on any atom is -0.494 e. The molecule has 0 saturated heterocycles. The molecule has 0 unspecified atom stereocenters. The number of anilines is 1. The van der Waals surface area contributed by atoms with Crippen molar-refractivity contribution in [3.8, 4) is 5.75 Å². The highest BCUT2D eigenvalue weighted by molar-refractivity contribution is 7.92. The van der Waals surface area contributed by atoms with E-state index in [0.717, 1.165) is 18.2 Å². The predicted molar refractivity (Wildman–Crippen MR) is 148 cm³/mol. The van der Waals surface area contributed by atoms with Crippen molar-refractivity contribution in [2.24, 2.45) is 0 Å². The normalized spacial score (nSPS) is 12.9. The summed E-state index contributed by atoms with van der Waals surface area (Å²) in [6, 6.07) is 15.8. The number of benzene rings is 2. The molecule has 0 aromatic heterocycles. The Morgan fingerprint density at radius 3 is 2.16 bits per heavy atom. The first-order valence-corrected chi connectivity index (χ1v) is 14.8. The zero-order valence-corrected chi connectivity index (χ0v) is 23.5. The molecule has 0 radical (unpaired) electrons. The van der Waals surface area contributed by atoms with E-state index in [1.807, 2.05) is 58.0 Å². The van der Waals surface area contributed by atoms with Crippen molar-refractivity contribution < 1.29 is 22.7 Å². The van der Waals surface area contributed by atoms with Gasteiger partial charge < -0.3 is 15.0 Å². The highest BCUT2D eigenvalue weighted by Gasteiger charge is 2.29. The van der Waals surface area contributed by atoms with Crippen LogP contribution in [0, 0.1) is 0 Å². The first kappa shape index (κ1) is 30.2. The average Bonchev–Trinajstić information content (AvgIpc) is 2.87. The van der Waals surface area contributed by atoms with E-state index < -0.39 is 16.1 Å². The van der Waals surface area contributed by atoms with E-state index in [-0.39, 0.29) is 30.8 Å². The Balaban J connectivity index is 2.18. The van der Waals surface area contributed by atoms with Crippen LogP contribution in [-0.2, 0) is 26.2 Å². The number of nitrogens with one attached hydrogen (secondary N) is 1.